The first kappa shape index (κ1) is 11.2. The highest BCUT2D eigenvalue weighted by molar-refractivity contribution is 7.07. The van der Waals surface area contributed by atoms with Crippen molar-refractivity contribution in [3.8, 4) is 0 Å². The van der Waals surface area contributed by atoms with Crippen molar-refractivity contribution in [1.29, 1.82) is 0 Å². The second-order valence-electron chi connectivity index (χ2n) is 5.82. The number of nitrogens with one attached hydrogen (secondary N) is 1. The Labute approximate surface area is 96.9 Å². The van der Waals surface area contributed by atoms with Crippen molar-refractivity contribution in [1.82, 2.24) is 5.32 Å². The van der Waals surface area contributed by atoms with E-state index >= 15 is 0 Å². The van der Waals surface area contributed by atoms with Crippen molar-refractivity contribution in [2.24, 2.45) is 10.8 Å². The van der Waals surface area contributed by atoms with Crippen molar-refractivity contribution in [2.45, 2.75) is 46.7 Å². The van der Waals surface area contributed by atoms with Crippen LogP contribution >= 0.6 is 11.3 Å². The van der Waals surface area contributed by atoms with Gasteiger partial charge in [-0.1, -0.05) is 27.7 Å². The highest BCUT2D eigenvalue weighted by Crippen LogP contribution is 2.63. The van der Waals surface area contributed by atoms with Gasteiger partial charge in [0, 0.05) is 12.1 Å². The fourth-order valence-corrected chi connectivity index (χ4v) is 3.23. The maximum atomic E-state index is 3.74. The Morgan fingerprint density at radius 1 is 1.27 bits per heavy atom. The maximum Gasteiger partial charge on any atom is 0.0303 e. The Bertz CT molecular complexity index is 323. The standard InChI is InChI=1S/C13H21NS/c1-9(10-6-7-15-8-10)14-11-12(2,3)13(11,4)5/h6-9,11,14H,1-5H3. The lowest BCUT2D eigenvalue weighted by Crippen LogP contribution is -2.25. The van der Waals surface area contributed by atoms with Crippen LogP contribution < -0.4 is 5.32 Å². The van der Waals surface area contributed by atoms with E-state index in [2.05, 4.69) is 56.8 Å². The molecule has 1 saturated carbocycles. The molecular formula is C13H21NS. The Hall–Kier alpha value is -0.340. The van der Waals surface area contributed by atoms with E-state index in [1.807, 2.05) is 0 Å². The van der Waals surface area contributed by atoms with E-state index in [-0.39, 0.29) is 0 Å². The van der Waals surface area contributed by atoms with E-state index < -0.39 is 0 Å². The summed E-state index contributed by atoms with van der Waals surface area (Å²) >= 11 is 1.78. The highest BCUT2D eigenvalue weighted by Gasteiger charge is 2.64. The number of thiophene rings is 1. The van der Waals surface area contributed by atoms with Crippen LogP contribution in [0.1, 0.15) is 46.2 Å². The molecule has 1 aromatic rings. The molecule has 1 aromatic heterocycles. The summed E-state index contributed by atoms with van der Waals surface area (Å²) < 4.78 is 0. The van der Waals surface area contributed by atoms with Crippen molar-refractivity contribution < 1.29 is 0 Å². The minimum atomic E-state index is 0.428. The van der Waals surface area contributed by atoms with E-state index in [9.17, 15) is 0 Å². The second-order valence-corrected chi connectivity index (χ2v) is 6.60. The first-order valence-corrected chi connectivity index (χ1v) is 6.60. The summed E-state index contributed by atoms with van der Waals surface area (Å²) in [7, 11) is 0. The number of rotatable bonds is 3. The predicted molar refractivity (Wildman–Crippen MR) is 67.2 cm³/mol. The van der Waals surface area contributed by atoms with Crippen molar-refractivity contribution in [3.05, 3.63) is 22.4 Å². The first-order chi connectivity index (χ1) is 6.87. The van der Waals surface area contributed by atoms with Gasteiger partial charge in [-0.05, 0) is 40.1 Å². The van der Waals surface area contributed by atoms with Gasteiger partial charge in [-0.3, -0.25) is 0 Å². The molecule has 1 fully saturated rings. The summed E-state index contributed by atoms with van der Waals surface area (Å²) in [5, 5.41) is 8.13. The molecule has 15 heavy (non-hydrogen) atoms. The van der Waals surface area contributed by atoms with Crippen LogP contribution in [0.2, 0.25) is 0 Å². The molecule has 1 atom stereocenters. The van der Waals surface area contributed by atoms with Crippen LogP contribution in [0.4, 0.5) is 0 Å². The van der Waals surface area contributed by atoms with Crippen molar-refractivity contribution in [2.75, 3.05) is 0 Å². The van der Waals surface area contributed by atoms with Crippen LogP contribution in [0, 0.1) is 10.8 Å². The Morgan fingerprint density at radius 2 is 1.87 bits per heavy atom. The molecule has 0 saturated heterocycles. The van der Waals surface area contributed by atoms with Gasteiger partial charge in [-0.15, -0.1) is 0 Å². The molecule has 1 N–H and O–H groups in total. The number of hydrogen-bond acceptors (Lipinski definition) is 2. The van der Waals surface area contributed by atoms with Gasteiger partial charge in [0.15, 0.2) is 0 Å². The van der Waals surface area contributed by atoms with Gasteiger partial charge >= 0.3 is 0 Å². The Morgan fingerprint density at radius 3 is 2.27 bits per heavy atom. The summed E-state index contributed by atoms with van der Waals surface area (Å²) in [5.41, 5.74) is 2.27. The summed E-state index contributed by atoms with van der Waals surface area (Å²) in [6.07, 6.45) is 0. The zero-order valence-electron chi connectivity index (χ0n) is 10.3. The summed E-state index contributed by atoms with van der Waals surface area (Å²) in [5.74, 6) is 0. The SMILES string of the molecule is CC(NC1C(C)(C)C1(C)C)c1ccsc1. The highest BCUT2D eigenvalue weighted by atomic mass is 32.1. The van der Waals surface area contributed by atoms with Gasteiger partial charge in [-0.2, -0.15) is 11.3 Å². The first-order valence-electron chi connectivity index (χ1n) is 5.65. The molecule has 1 nitrogen and oxygen atoms in total. The summed E-state index contributed by atoms with van der Waals surface area (Å²) in [4.78, 5) is 0. The largest absolute Gasteiger partial charge is 0.306 e. The molecule has 0 aliphatic heterocycles. The summed E-state index contributed by atoms with van der Waals surface area (Å²) in [6.45, 7) is 11.7. The fraction of sp³-hybridized carbons (Fsp3) is 0.692. The lowest BCUT2D eigenvalue weighted by Gasteiger charge is -2.14. The van der Waals surface area contributed by atoms with Gasteiger partial charge in [0.2, 0.25) is 0 Å². The van der Waals surface area contributed by atoms with E-state index in [1.165, 1.54) is 5.56 Å². The van der Waals surface area contributed by atoms with E-state index in [0.717, 1.165) is 0 Å². The average molecular weight is 223 g/mol. The van der Waals surface area contributed by atoms with Crippen LogP contribution in [0.5, 0.6) is 0 Å². The third kappa shape index (κ3) is 1.64. The molecule has 84 valence electrons. The molecule has 2 heteroatoms. The van der Waals surface area contributed by atoms with Gasteiger partial charge in [0.05, 0.1) is 0 Å². The molecule has 1 aliphatic carbocycles. The Kier molecular flexibility index (Phi) is 2.47. The molecule has 1 heterocycles. The van der Waals surface area contributed by atoms with Gasteiger partial charge < -0.3 is 5.32 Å². The normalized spacial score (nSPS) is 25.1. The molecular weight excluding hydrogens is 202 g/mol. The molecule has 0 radical (unpaired) electrons. The molecule has 0 spiro atoms. The monoisotopic (exact) mass is 223 g/mol. The lowest BCUT2D eigenvalue weighted by molar-refractivity contribution is 0.457. The Balaban J connectivity index is 2.01. The van der Waals surface area contributed by atoms with Crippen LogP contribution in [0.25, 0.3) is 0 Å². The van der Waals surface area contributed by atoms with Crippen LogP contribution in [-0.4, -0.2) is 6.04 Å². The van der Waals surface area contributed by atoms with Crippen LogP contribution in [0.3, 0.4) is 0 Å². The molecule has 1 aliphatic rings. The number of hydrogen-bond donors (Lipinski definition) is 1. The smallest absolute Gasteiger partial charge is 0.0303 e. The van der Waals surface area contributed by atoms with E-state index in [1.54, 1.807) is 11.3 Å². The molecule has 0 amide bonds. The third-order valence-corrected chi connectivity index (χ3v) is 5.18. The molecule has 0 aromatic carbocycles. The molecule has 1 unspecified atom stereocenters. The van der Waals surface area contributed by atoms with Crippen LogP contribution in [-0.2, 0) is 0 Å². The second kappa shape index (κ2) is 3.33. The minimum absolute atomic E-state index is 0.428. The van der Waals surface area contributed by atoms with Crippen molar-refractivity contribution in [3.63, 3.8) is 0 Å². The van der Waals surface area contributed by atoms with Gasteiger partial charge in [-0.25, -0.2) is 0 Å². The fourth-order valence-electron chi connectivity index (χ4n) is 2.48. The zero-order chi connectivity index (χ0) is 11.3. The minimum Gasteiger partial charge on any atom is -0.306 e. The lowest BCUT2D eigenvalue weighted by atomic mass is 10.0. The quantitative estimate of drug-likeness (QED) is 0.821. The third-order valence-electron chi connectivity index (χ3n) is 4.48. The molecule has 2 rings (SSSR count). The van der Waals surface area contributed by atoms with E-state index in [4.69, 9.17) is 0 Å². The average Bonchev–Trinajstić information content (AvgIpc) is 2.65. The maximum absolute atomic E-state index is 3.74. The van der Waals surface area contributed by atoms with Gasteiger partial charge in [0.1, 0.15) is 0 Å². The predicted octanol–water partition coefficient (Wildman–Crippen LogP) is 3.83. The van der Waals surface area contributed by atoms with Crippen LogP contribution in [0.15, 0.2) is 16.8 Å². The van der Waals surface area contributed by atoms with E-state index in [0.29, 0.717) is 22.9 Å². The molecule has 0 bridgehead atoms. The zero-order valence-corrected chi connectivity index (χ0v) is 11.1. The van der Waals surface area contributed by atoms with Gasteiger partial charge in [0.25, 0.3) is 0 Å². The topological polar surface area (TPSA) is 12.0 Å². The summed E-state index contributed by atoms with van der Waals surface area (Å²) in [6, 6.07) is 3.33. The van der Waals surface area contributed by atoms with Crippen molar-refractivity contribution >= 4 is 11.3 Å².